The third-order valence-corrected chi connectivity index (χ3v) is 4.58. The van der Waals surface area contributed by atoms with Crippen LogP contribution < -0.4 is 9.64 Å². The van der Waals surface area contributed by atoms with Gasteiger partial charge in [0.15, 0.2) is 5.75 Å². The van der Waals surface area contributed by atoms with Gasteiger partial charge in [0.05, 0.1) is 5.69 Å². The molecule has 2 rings (SSSR count). The van der Waals surface area contributed by atoms with E-state index in [-0.39, 0.29) is 5.97 Å². The molecule has 0 aliphatic heterocycles. The first-order chi connectivity index (χ1) is 12.6. The maximum Gasteiger partial charge on any atom is 0.308 e. The van der Waals surface area contributed by atoms with Gasteiger partial charge in [-0.1, -0.05) is 51.7 Å². The normalized spacial score (nSPS) is 10.9. The van der Waals surface area contributed by atoms with Crippen molar-refractivity contribution in [1.29, 1.82) is 0 Å². The SMILES string of the molecule is CCCCCN(CCCCC)c1ccc2ccc(C)nc2c1OC(C)=O. The molecule has 4 nitrogen and oxygen atoms in total. The number of nitrogens with zero attached hydrogens (tertiary/aromatic N) is 2. The summed E-state index contributed by atoms with van der Waals surface area (Å²) in [5.74, 6) is 0.302. The number of hydrogen-bond donors (Lipinski definition) is 0. The predicted molar refractivity (Wildman–Crippen MR) is 109 cm³/mol. The van der Waals surface area contributed by atoms with Gasteiger partial charge in [-0.15, -0.1) is 0 Å². The minimum absolute atomic E-state index is 0.302. The highest BCUT2D eigenvalue weighted by molar-refractivity contribution is 5.92. The number of carbonyl (C=O) groups excluding carboxylic acids is 1. The van der Waals surface area contributed by atoms with Crippen LogP contribution in [0.4, 0.5) is 5.69 Å². The van der Waals surface area contributed by atoms with E-state index in [0.717, 1.165) is 48.2 Å². The molecule has 0 aliphatic rings. The minimum Gasteiger partial charge on any atom is -0.422 e. The lowest BCUT2D eigenvalue weighted by atomic mass is 10.1. The van der Waals surface area contributed by atoms with E-state index in [1.807, 2.05) is 19.1 Å². The molecular weight excluding hydrogens is 324 g/mol. The van der Waals surface area contributed by atoms with E-state index in [0.29, 0.717) is 5.75 Å². The second kappa shape index (κ2) is 10.1. The van der Waals surface area contributed by atoms with Crippen molar-refractivity contribution in [2.75, 3.05) is 18.0 Å². The van der Waals surface area contributed by atoms with Crippen molar-refractivity contribution in [3.05, 3.63) is 30.0 Å². The number of esters is 1. The van der Waals surface area contributed by atoms with Crippen LogP contribution in [-0.4, -0.2) is 24.0 Å². The molecule has 26 heavy (non-hydrogen) atoms. The molecule has 4 heteroatoms. The Morgan fingerprint density at radius 2 is 1.62 bits per heavy atom. The number of anilines is 1. The lowest BCUT2D eigenvalue weighted by Crippen LogP contribution is -2.26. The lowest BCUT2D eigenvalue weighted by Gasteiger charge is -2.27. The van der Waals surface area contributed by atoms with Crippen LogP contribution in [0.3, 0.4) is 0 Å². The van der Waals surface area contributed by atoms with Gasteiger partial charge in [-0.05, 0) is 31.9 Å². The van der Waals surface area contributed by atoms with Crippen molar-refractivity contribution in [2.24, 2.45) is 0 Å². The van der Waals surface area contributed by atoms with Gasteiger partial charge in [-0.3, -0.25) is 4.79 Å². The van der Waals surface area contributed by atoms with Crippen LogP contribution in [0.15, 0.2) is 24.3 Å². The molecule has 0 spiro atoms. The first-order valence-electron chi connectivity index (χ1n) is 9.90. The predicted octanol–water partition coefficient (Wildman–Crippen LogP) is 5.66. The number of benzene rings is 1. The Morgan fingerprint density at radius 3 is 2.19 bits per heavy atom. The van der Waals surface area contributed by atoms with Gasteiger partial charge in [0, 0.05) is 31.1 Å². The third-order valence-electron chi connectivity index (χ3n) is 4.58. The molecule has 1 heterocycles. The molecule has 0 aliphatic carbocycles. The molecule has 0 saturated carbocycles. The van der Waals surface area contributed by atoms with Crippen molar-refractivity contribution in [2.45, 2.75) is 66.2 Å². The van der Waals surface area contributed by atoms with E-state index in [1.54, 1.807) is 0 Å². The summed E-state index contributed by atoms with van der Waals surface area (Å²) in [7, 11) is 0. The molecule has 142 valence electrons. The van der Waals surface area contributed by atoms with Crippen LogP contribution in [0.5, 0.6) is 5.75 Å². The summed E-state index contributed by atoms with van der Waals surface area (Å²) in [6, 6.07) is 8.18. The summed E-state index contributed by atoms with van der Waals surface area (Å²) < 4.78 is 5.66. The van der Waals surface area contributed by atoms with Gasteiger partial charge in [-0.2, -0.15) is 0 Å². The summed E-state index contributed by atoms with van der Waals surface area (Å²) in [6.45, 7) is 9.80. The molecule has 2 aromatic rings. The topological polar surface area (TPSA) is 42.4 Å². The Balaban J connectivity index is 2.44. The number of pyridine rings is 1. The molecule has 0 N–H and O–H groups in total. The molecular formula is C22H32N2O2. The number of aryl methyl sites for hydroxylation is 1. The number of rotatable bonds is 10. The van der Waals surface area contributed by atoms with Crippen molar-refractivity contribution >= 4 is 22.6 Å². The summed E-state index contributed by atoms with van der Waals surface area (Å²) in [6.07, 6.45) is 7.08. The molecule has 1 aromatic heterocycles. The van der Waals surface area contributed by atoms with Crippen LogP contribution in [0.25, 0.3) is 10.9 Å². The van der Waals surface area contributed by atoms with E-state index >= 15 is 0 Å². The second-order valence-electron chi connectivity index (χ2n) is 6.93. The zero-order valence-corrected chi connectivity index (χ0v) is 16.7. The highest BCUT2D eigenvalue weighted by Gasteiger charge is 2.18. The van der Waals surface area contributed by atoms with E-state index in [1.165, 1.54) is 32.6 Å². The minimum atomic E-state index is -0.302. The number of fused-ring (bicyclic) bond motifs is 1. The van der Waals surface area contributed by atoms with Crippen molar-refractivity contribution in [3.8, 4) is 5.75 Å². The first kappa shape index (κ1) is 20.2. The molecule has 0 radical (unpaired) electrons. The first-order valence-corrected chi connectivity index (χ1v) is 9.90. The monoisotopic (exact) mass is 356 g/mol. The fraction of sp³-hybridized carbons (Fsp3) is 0.545. The maximum absolute atomic E-state index is 11.8. The molecule has 0 unspecified atom stereocenters. The largest absolute Gasteiger partial charge is 0.422 e. The van der Waals surface area contributed by atoms with Gasteiger partial charge in [-0.25, -0.2) is 4.98 Å². The van der Waals surface area contributed by atoms with Crippen LogP contribution in [0, 0.1) is 6.92 Å². The van der Waals surface area contributed by atoms with E-state index in [2.05, 4.69) is 35.9 Å². The lowest BCUT2D eigenvalue weighted by molar-refractivity contribution is -0.131. The van der Waals surface area contributed by atoms with E-state index < -0.39 is 0 Å². The Labute approximate surface area is 157 Å². The molecule has 1 aromatic carbocycles. The van der Waals surface area contributed by atoms with Gasteiger partial charge < -0.3 is 9.64 Å². The van der Waals surface area contributed by atoms with E-state index in [9.17, 15) is 4.79 Å². The highest BCUT2D eigenvalue weighted by atomic mass is 16.5. The standard InChI is InChI=1S/C22H32N2O2/c1-5-7-9-15-24(16-10-8-6-2)20-14-13-19-12-11-17(3)23-21(19)22(20)26-18(4)25/h11-14H,5-10,15-16H2,1-4H3. The third kappa shape index (κ3) is 5.45. The molecule has 0 fully saturated rings. The average molecular weight is 357 g/mol. The highest BCUT2D eigenvalue weighted by Crippen LogP contribution is 2.36. The zero-order chi connectivity index (χ0) is 18.9. The molecule has 0 bridgehead atoms. The molecule has 0 amide bonds. The maximum atomic E-state index is 11.8. The summed E-state index contributed by atoms with van der Waals surface area (Å²) in [5.41, 5.74) is 2.68. The zero-order valence-electron chi connectivity index (χ0n) is 16.7. The van der Waals surface area contributed by atoms with Crippen LogP contribution in [-0.2, 0) is 4.79 Å². The molecule has 0 saturated heterocycles. The Kier molecular flexibility index (Phi) is 7.89. The van der Waals surface area contributed by atoms with Crippen LogP contribution in [0.1, 0.15) is 65.0 Å². The summed E-state index contributed by atoms with van der Waals surface area (Å²) in [5, 5.41) is 0.998. The van der Waals surface area contributed by atoms with Crippen molar-refractivity contribution in [3.63, 3.8) is 0 Å². The van der Waals surface area contributed by atoms with E-state index in [4.69, 9.17) is 4.74 Å². The summed E-state index contributed by atoms with van der Waals surface area (Å²) in [4.78, 5) is 18.8. The quantitative estimate of drug-likeness (QED) is 0.313. The van der Waals surface area contributed by atoms with Crippen molar-refractivity contribution < 1.29 is 9.53 Å². The van der Waals surface area contributed by atoms with Crippen LogP contribution >= 0.6 is 0 Å². The van der Waals surface area contributed by atoms with Gasteiger partial charge in [0.1, 0.15) is 5.52 Å². The Bertz CT molecular complexity index is 717. The Hall–Kier alpha value is -2.10. The Morgan fingerprint density at radius 1 is 1.00 bits per heavy atom. The fourth-order valence-electron chi connectivity index (χ4n) is 3.20. The van der Waals surface area contributed by atoms with Gasteiger partial charge >= 0.3 is 5.97 Å². The van der Waals surface area contributed by atoms with Crippen LogP contribution in [0.2, 0.25) is 0 Å². The molecule has 0 atom stereocenters. The van der Waals surface area contributed by atoms with Crippen molar-refractivity contribution in [1.82, 2.24) is 4.98 Å². The second-order valence-corrected chi connectivity index (χ2v) is 6.93. The van der Waals surface area contributed by atoms with Gasteiger partial charge in [0.25, 0.3) is 0 Å². The number of unbranched alkanes of at least 4 members (excludes halogenated alkanes) is 4. The van der Waals surface area contributed by atoms with Gasteiger partial charge in [0.2, 0.25) is 0 Å². The average Bonchev–Trinajstić information content (AvgIpc) is 2.61. The number of hydrogen-bond acceptors (Lipinski definition) is 4. The number of carbonyl (C=O) groups is 1. The number of ether oxygens (including phenoxy) is 1. The smallest absolute Gasteiger partial charge is 0.308 e. The summed E-state index contributed by atoms with van der Waals surface area (Å²) >= 11 is 0. The number of aromatic nitrogens is 1. The fourth-order valence-corrected chi connectivity index (χ4v) is 3.20.